The van der Waals surface area contributed by atoms with Crippen LogP contribution in [0.5, 0.6) is 5.75 Å². The number of amides is 2. The molecule has 8 heteroatoms. The van der Waals surface area contributed by atoms with Crippen LogP contribution in [0, 0.1) is 5.92 Å². The van der Waals surface area contributed by atoms with Gasteiger partial charge in [0.15, 0.2) is 0 Å². The molecule has 0 aliphatic heterocycles. The maximum atomic E-state index is 12.7. The van der Waals surface area contributed by atoms with Gasteiger partial charge in [-0.25, -0.2) is 5.43 Å². The first-order valence-electron chi connectivity index (χ1n) is 11.2. The highest BCUT2D eigenvalue weighted by molar-refractivity contribution is 9.10. The molecule has 0 fully saturated rings. The molecular formula is C27H27BrClN3O3. The van der Waals surface area contributed by atoms with Gasteiger partial charge >= 0.3 is 0 Å². The molecular weight excluding hydrogens is 530 g/mol. The van der Waals surface area contributed by atoms with Crippen molar-refractivity contribution in [2.24, 2.45) is 11.0 Å². The van der Waals surface area contributed by atoms with Crippen molar-refractivity contribution in [3.63, 3.8) is 0 Å². The van der Waals surface area contributed by atoms with Crippen molar-refractivity contribution in [2.75, 3.05) is 0 Å². The van der Waals surface area contributed by atoms with Crippen LogP contribution >= 0.6 is 27.5 Å². The van der Waals surface area contributed by atoms with Gasteiger partial charge in [0.1, 0.15) is 18.4 Å². The predicted molar refractivity (Wildman–Crippen MR) is 143 cm³/mol. The van der Waals surface area contributed by atoms with E-state index in [0.717, 1.165) is 21.3 Å². The molecule has 0 saturated heterocycles. The summed E-state index contributed by atoms with van der Waals surface area (Å²) in [5, 5.41) is 7.38. The summed E-state index contributed by atoms with van der Waals surface area (Å²) in [5.74, 6) is 0.207. The van der Waals surface area contributed by atoms with Crippen LogP contribution in [-0.4, -0.2) is 24.1 Å². The minimum atomic E-state index is -0.718. The highest BCUT2D eigenvalue weighted by atomic mass is 79.9. The monoisotopic (exact) mass is 555 g/mol. The third-order valence-corrected chi connectivity index (χ3v) is 5.80. The van der Waals surface area contributed by atoms with Crippen LogP contribution in [0.25, 0.3) is 0 Å². The number of nitrogens with zero attached hydrogens (tertiary/aromatic N) is 1. The SMILES string of the molecule is CC(C)CC(NC(=O)c1ccc(Cl)cc1)C(=O)N/N=C/c1ccc(OCc2ccc(Br)cc2)cc1. The van der Waals surface area contributed by atoms with Gasteiger partial charge in [0, 0.05) is 15.1 Å². The van der Waals surface area contributed by atoms with Crippen molar-refractivity contribution in [3.05, 3.63) is 99.0 Å². The quantitative estimate of drug-likeness (QED) is 0.238. The first-order chi connectivity index (χ1) is 16.8. The Bertz CT molecular complexity index is 1150. The van der Waals surface area contributed by atoms with Gasteiger partial charge in [-0.15, -0.1) is 0 Å². The van der Waals surface area contributed by atoms with Crippen LogP contribution in [0.15, 0.2) is 82.4 Å². The van der Waals surface area contributed by atoms with Crippen LogP contribution in [0.2, 0.25) is 5.02 Å². The Morgan fingerprint density at radius 2 is 1.66 bits per heavy atom. The Morgan fingerprint density at radius 1 is 1.00 bits per heavy atom. The van der Waals surface area contributed by atoms with E-state index in [1.807, 2.05) is 62.4 Å². The Kier molecular flexibility index (Phi) is 9.87. The summed E-state index contributed by atoms with van der Waals surface area (Å²) in [6.07, 6.45) is 2.02. The van der Waals surface area contributed by atoms with Crippen molar-refractivity contribution < 1.29 is 14.3 Å². The van der Waals surface area contributed by atoms with Gasteiger partial charge < -0.3 is 10.1 Å². The first kappa shape index (κ1) is 26.4. The molecule has 1 atom stereocenters. The van der Waals surface area contributed by atoms with E-state index < -0.39 is 6.04 Å². The Morgan fingerprint density at radius 3 is 2.29 bits per heavy atom. The lowest BCUT2D eigenvalue weighted by Gasteiger charge is -2.19. The Balaban J connectivity index is 1.53. The number of carbonyl (C=O) groups is 2. The zero-order valence-corrected chi connectivity index (χ0v) is 21.8. The summed E-state index contributed by atoms with van der Waals surface area (Å²) in [5.41, 5.74) is 4.83. The maximum Gasteiger partial charge on any atom is 0.262 e. The molecule has 0 aliphatic rings. The zero-order valence-electron chi connectivity index (χ0n) is 19.5. The van der Waals surface area contributed by atoms with E-state index in [2.05, 4.69) is 31.8 Å². The van der Waals surface area contributed by atoms with Gasteiger partial charge in [-0.3, -0.25) is 9.59 Å². The average molecular weight is 557 g/mol. The fourth-order valence-electron chi connectivity index (χ4n) is 3.19. The number of rotatable bonds is 10. The maximum absolute atomic E-state index is 12.7. The number of nitrogens with one attached hydrogen (secondary N) is 2. The van der Waals surface area contributed by atoms with E-state index in [9.17, 15) is 9.59 Å². The molecule has 2 N–H and O–H groups in total. The molecule has 0 radical (unpaired) electrons. The van der Waals surface area contributed by atoms with Crippen LogP contribution in [0.4, 0.5) is 0 Å². The number of hydrazone groups is 1. The molecule has 3 aromatic carbocycles. The van der Waals surface area contributed by atoms with Crippen LogP contribution in [0.3, 0.4) is 0 Å². The highest BCUT2D eigenvalue weighted by Gasteiger charge is 2.22. The van der Waals surface area contributed by atoms with Gasteiger partial charge in [-0.2, -0.15) is 5.10 Å². The number of hydrogen-bond donors (Lipinski definition) is 2. The van der Waals surface area contributed by atoms with E-state index in [-0.39, 0.29) is 17.7 Å². The zero-order chi connectivity index (χ0) is 25.2. The molecule has 0 aliphatic carbocycles. The third kappa shape index (κ3) is 8.85. The lowest BCUT2D eigenvalue weighted by Crippen LogP contribution is -2.46. The van der Waals surface area contributed by atoms with E-state index >= 15 is 0 Å². The summed E-state index contributed by atoms with van der Waals surface area (Å²) < 4.78 is 6.83. The Hall–Kier alpha value is -3.16. The van der Waals surface area contributed by atoms with Crippen molar-refractivity contribution in [1.29, 1.82) is 0 Å². The molecule has 3 aromatic rings. The largest absolute Gasteiger partial charge is 0.489 e. The smallest absolute Gasteiger partial charge is 0.262 e. The number of halogens is 2. The fraction of sp³-hybridized carbons (Fsp3) is 0.222. The normalized spacial score (nSPS) is 11.9. The summed E-state index contributed by atoms with van der Waals surface area (Å²) in [4.78, 5) is 25.3. The van der Waals surface area contributed by atoms with Crippen molar-refractivity contribution in [2.45, 2.75) is 32.9 Å². The second kappa shape index (κ2) is 13.1. The molecule has 1 unspecified atom stereocenters. The Labute approximate surface area is 218 Å². The highest BCUT2D eigenvalue weighted by Crippen LogP contribution is 2.16. The van der Waals surface area contributed by atoms with Crippen LogP contribution in [0.1, 0.15) is 41.8 Å². The van der Waals surface area contributed by atoms with Crippen molar-refractivity contribution in [1.82, 2.24) is 10.7 Å². The van der Waals surface area contributed by atoms with E-state index in [1.165, 1.54) is 0 Å². The molecule has 0 heterocycles. The first-order valence-corrected chi connectivity index (χ1v) is 12.3. The number of benzene rings is 3. The second-order valence-corrected chi connectivity index (χ2v) is 9.73. The van der Waals surface area contributed by atoms with Crippen LogP contribution in [-0.2, 0) is 11.4 Å². The van der Waals surface area contributed by atoms with Gasteiger partial charge in [-0.05, 0) is 84.1 Å². The molecule has 0 saturated carbocycles. The molecule has 0 aromatic heterocycles. The standard InChI is InChI=1S/C27H27BrClN3O3/c1-18(2)15-25(31-26(33)21-7-11-23(29)12-8-21)27(34)32-30-16-19-5-13-24(14-6-19)35-17-20-3-9-22(28)10-4-20/h3-14,16,18,25H,15,17H2,1-2H3,(H,31,33)(H,32,34)/b30-16+. The molecule has 2 amide bonds. The molecule has 0 spiro atoms. The molecule has 35 heavy (non-hydrogen) atoms. The van der Waals surface area contributed by atoms with Gasteiger partial charge in [0.2, 0.25) is 0 Å². The summed E-state index contributed by atoms with van der Waals surface area (Å²) in [6, 6.07) is 21.1. The van der Waals surface area contributed by atoms with Gasteiger partial charge in [0.05, 0.1) is 6.21 Å². The molecule has 3 rings (SSSR count). The minimum Gasteiger partial charge on any atom is -0.489 e. The fourth-order valence-corrected chi connectivity index (χ4v) is 3.58. The number of carbonyl (C=O) groups excluding carboxylic acids is 2. The second-order valence-electron chi connectivity index (χ2n) is 8.38. The topological polar surface area (TPSA) is 79.8 Å². The lowest BCUT2D eigenvalue weighted by atomic mass is 10.0. The lowest BCUT2D eigenvalue weighted by molar-refractivity contribution is -0.123. The average Bonchev–Trinajstić information content (AvgIpc) is 2.84. The third-order valence-electron chi connectivity index (χ3n) is 5.02. The predicted octanol–water partition coefficient (Wildman–Crippen LogP) is 5.98. The van der Waals surface area contributed by atoms with Crippen LogP contribution < -0.4 is 15.5 Å². The van der Waals surface area contributed by atoms with E-state index in [1.54, 1.807) is 30.5 Å². The minimum absolute atomic E-state index is 0.199. The summed E-state index contributed by atoms with van der Waals surface area (Å²) in [6.45, 7) is 4.44. The van der Waals surface area contributed by atoms with Crippen molar-refractivity contribution >= 4 is 45.6 Å². The molecule has 6 nitrogen and oxygen atoms in total. The van der Waals surface area contributed by atoms with Gasteiger partial charge in [-0.1, -0.05) is 53.5 Å². The van der Waals surface area contributed by atoms with E-state index in [4.69, 9.17) is 16.3 Å². The van der Waals surface area contributed by atoms with Crippen molar-refractivity contribution in [3.8, 4) is 5.75 Å². The summed E-state index contributed by atoms with van der Waals surface area (Å²) >= 11 is 9.30. The summed E-state index contributed by atoms with van der Waals surface area (Å²) in [7, 11) is 0. The molecule has 182 valence electrons. The number of ether oxygens (including phenoxy) is 1. The van der Waals surface area contributed by atoms with E-state index in [0.29, 0.717) is 23.6 Å². The molecule has 0 bridgehead atoms. The van der Waals surface area contributed by atoms with Gasteiger partial charge in [0.25, 0.3) is 11.8 Å². The number of hydrogen-bond acceptors (Lipinski definition) is 4.